The Morgan fingerprint density at radius 1 is 1.00 bits per heavy atom. The Kier molecular flexibility index (Phi) is 6.14. The summed E-state index contributed by atoms with van der Waals surface area (Å²) in [5, 5.41) is 3.25. The molecule has 5 nitrogen and oxygen atoms in total. The summed E-state index contributed by atoms with van der Waals surface area (Å²) >= 11 is 0. The number of methoxy groups -OCH3 is 1. The lowest BCUT2D eigenvalue weighted by atomic mass is 10.0. The van der Waals surface area contributed by atoms with Gasteiger partial charge in [-0.2, -0.15) is 13.2 Å². The number of hydrogen-bond donors (Lipinski definition) is 1. The Hall–Kier alpha value is -2.90. The molecule has 0 saturated carbocycles. The van der Waals surface area contributed by atoms with E-state index in [9.17, 15) is 18.0 Å². The van der Waals surface area contributed by atoms with E-state index in [0.717, 1.165) is 23.6 Å². The highest BCUT2D eigenvalue weighted by Gasteiger charge is 2.34. The van der Waals surface area contributed by atoms with Crippen LogP contribution < -0.4 is 15.0 Å². The predicted octanol–water partition coefficient (Wildman–Crippen LogP) is 4.25. The number of nitrogens with zero attached hydrogens (tertiary/aromatic N) is 2. The van der Waals surface area contributed by atoms with E-state index >= 15 is 0 Å². The summed E-state index contributed by atoms with van der Waals surface area (Å²) in [4.78, 5) is 16.7. The molecule has 1 aliphatic heterocycles. The molecule has 0 spiro atoms. The van der Waals surface area contributed by atoms with Crippen molar-refractivity contribution in [3.05, 3.63) is 54.1 Å². The molecule has 0 bridgehead atoms. The van der Waals surface area contributed by atoms with Gasteiger partial charge < -0.3 is 19.9 Å². The third kappa shape index (κ3) is 4.98. The number of carbonyl (C=O) groups is 1. The molecule has 2 aromatic carbocycles. The number of hydrogen-bond acceptors (Lipinski definition) is 4. The zero-order valence-electron chi connectivity index (χ0n) is 17.3. The third-order valence-corrected chi connectivity index (χ3v) is 5.19. The van der Waals surface area contributed by atoms with E-state index in [1.54, 1.807) is 18.1 Å². The van der Waals surface area contributed by atoms with Gasteiger partial charge in [-0.1, -0.05) is 6.07 Å². The van der Waals surface area contributed by atoms with E-state index in [4.69, 9.17) is 4.74 Å². The predicted molar refractivity (Wildman–Crippen MR) is 111 cm³/mol. The van der Waals surface area contributed by atoms with Crippen molar-refractivity contribution < 1.29 is 22.7 Å². The molecule has 162 valence electrons. The molecule has 2 aromatic rings. The fraction of sp³-hybridized carbons (Fsp3) is 0.409. The van der Waals surface area contributed by atoms with Crippen molar-refractivity contribution in [2.45, 2.75) is 25.6 Å². The van der Waals surface area contributed by atoms with Gasteiger partial charge >= 0.3 is 6.18 Å². The molecule has 0 unspecified atom stereocenters. The zero-order valence-corrected chi connectivity index (χ0v) is 17.3. The first-order valence-corrected chi connectivity index (χ1v) is 9.74. The maximum Gasteiger partial charge on any atom is 0.416 e. The molecule has 3 rings (SSSR count). The first-order valence-electron chi connectivity index (χ1n) is 9.74. The topological polar surface area (TPSA) is 44.8 Å². The van der Waals surface area contributed by atoms with Crippen LogP contribution in [0, 0.1) is 0 Å². The van der Waals surface area contributed by atoms with Crippen LogP contribution in [0.15, 0.2) is 48.5 Å². The summed E-state index contributed by atoms with van der Waals surface area (Å²) in [5.41, 5.74) is -0.167. The average Bonchev–Trinajstić information content (AvgIpc) is 2.73. The van der Waals surface area contributed by atoms with E-state index < -0.39 is 17.3 Å². The van der Waals surface area contributed by atoms with Gasteiger partial charge in [0.25, 0.3) is 0 Å². The van der Waals surface area contributed by atoms with Crippen molar-refractivity contribution in [2.24, 2.45) is 0 Å². The lowest BCUT2D eigenvalue weighted by molar-refractivity contribution is -0.137. The summed E-state index contributed by atoms with van der Waals surface area (Å²) in [5.74, 6) is 0.678. The molecule has 1 saturated heterocycles. The zero-order chi connectivity index (χ0) is 21.9. The lowest BCUT2D eigenvalue weighted by Crippen LogP contribution is -2.56. The highest BCUT2D eigenvalue weighted by Crippen LogP contribution is 2.32. The van der Waals surface area contributed by atoms with Crippen LogP contribution in [0.3, 0.4) is 0 Å². The largest absolute Gasteiger partial charge is 0.497 e. The van der Waals surface area contributed by atoms with Gasteiger partial charge in [-0.15, -0.1) is 0 Å². The van der Waals surface area contributed by atoms with E-state index in [0.29, 0.717) is 31.9 Å². The van der Waals surface area contributed by atoms with E-state index in [2.05, 4.69) is 5.32 Å². The van der Waals surface area contributed by atoms with Crippen molar-refractivity contribution in [3.63, 3.8) is 0 Å². The molecule has 1 amide bonds. The van der Waals surface area contributed by atoms with E-state index in [1.807, 2.05) is 43.0 Å². The number of benzene rings is 2. The van der Waals surface area contributed by atoms with Gasteiger partial charge in [-0.05, 0) is 56.3 Å². The van der Waals surface area contributed by atoms with Crippen molar-refractivity contribution in [3.8, 4) is 5.75 Å². The molecule has 1 fully saturated rings. The monoisotopic (exact) mass is 421 g/mol. The molecular formula is C22H26F3N3O2. The van der Waals surface area contributed by atoms with Crippen LogP contribution in [0.4, 0.5) is 24.5 Å². The lowest BCUT2D eigenvalue weighted by Gasteiger charge is -2.40. The quantitative estimate of drug-likeness (QED) is 0.784. The minimum absolute atomic E-state index is 0.0537. The van der Waals surface area contributed by atoms with Crippen LogP contribution >= 0.6 is 0 Å². The normalized spacial score (nSPS) is 15.1. The summed E-state index contributed by atoms with van der Waals surface area (Å²) in [6, 6.07) is 12.6. The second-order valence-electron chi connectivity index (χ2n) is 7.81. The second-order valence-corrected chi connectivity index (χ2v) is 7.81. The SMILES string of the molecule is COc1ccc(NC(C)(C)C(=O)N2CCN(c3cccc(C(F)(F)F)c3)CC2)cc1. The Bertz CT molecular complexity index is 874. The van der Waals surface area contributed by atoms with Crippen molar-refractivity contribution in [2.75, 3.05) is 43.5 Å². The molecule has 1 heterocycles. The minimum Gasteiger partial charge on any atom is -0.497 e. The number of anilines is 2. The van der Waals surface area contributed by atoms with Gasteiger partial charge in [-0.3, -0.25) is 4.79 Å². The second kappa shape index (κ2) is 8.45. The minimum atomic E-state index is -4.37. The molecule has 1 N–H and O–H groups in total. The van der Waals surface area contributed by atoms with Crippen molar-refractivity contribution in [1.29, 1.82) is 0 Å². The third-order valence-electron chi connectivity index (χ3n) is 5.19. The van der Waals surface area contributed by atoms with Crippen LogP contribution in [0.5, 0.6) is 5.75 Å². The molecule has 0 atom stereocenters. The Labute approximate surface area is 174 Å². The number of alkyl halides is 3. The van der Waals surface area contributed by atoms with Crippen LogP contribution in [-0.2, 0) is 11.0 Å². The molecule has 0 radical (unpaired) electrons. The fourth-order valence-electron chi connectivity index (χ4n) is 3.53. The number of halogens is 3. The number of nitrogens with one attached hydrogen (secondary N) is 1. The summed E-state index contributed by atoms with van der Waals surface area (Å²) < 4.78 is 44.1. The molecule has 8 heteroatoms. The molecule has 1 aliphatic rings. The maximum absolute atomic E-state index is 13.0. The van der Waals surface area contributed by atoms with E-state index in [-0.39, 0.29) is 5.91 Å². The first-order chi connectivity index (χ1) is 14.1. The summed E-state index contributed by atoms with van der Waals surface area (Å²) in [6.45, 7) is 5.49. The number of piperazine rings is 1. The van der Waals surface area contributed by atoms with Crippen molar-refractivity contribution in [1.82, 2.24) is 4.90 Å². The number of rotatable bonds is 5. The van der Waals surface area contributed by atoms with Gasteiger partial charge in [0.15, 0.2) is 0 Å². The van der Waals surface area contributed by atoms with Gasteiger partial charge in [0.05, 0.1) is 12.7 Å². The maximum atomic E-state index is 13.0. The van der Waals surface area contributed by atoms with E-state index in [1.165, 1.54) is 6.07 Å². The molecule has 0 aliphatic carbocycles. The molecular weight excluding hydrogens is 395 g/mol. The van der Waals surface area contributed by atoms with Gasteiger partial charge in [0.2, 0.25) is 5.91 Å². The highest BCUT2D eigenvalue weighted by atomic mass is 19.4. The Morgan fingerprint density at radius 2 is 1.63 bits per heavy atom. The summed E-state index contributed by atoms with van der Waals surface area (Å²) in [6.07, 6.45) is -4.37. The Balaban J connectivity index is 1.61. The van der Waals surface area contributed by atoms with Gasteiger partial charge in [0.1, 0.15) is 11.3 Å². The molecule has 30 heavy (non-hydrogen) atoms. The van der Waals surface area contributed by atoms with Gasteiger partial charge in [-0.25, -0.2) is 0 Å². The highest BCUT2D eigenvalue weighted by molar-refractivity contribution is 5.88. The average molecular weight is 421 g/mol. The Morgan fingerprint density at radius 3 is 2.20 bits per heavy atom. The fourth-order valence-corrected chi connectivity index (χ4v) is 3.53. The van der Waals surface area contributed by atoms with Crippen molar-refractivity contribution >= 4 is 17.3 Å². The smallest absolute Gasteiger partial charge is 0.416 e. The summed E-state index contributed by atoms with van der Waals surface area (Å²) in [7, 11) is 1.59. The van der Waals surface area contributed by atoms with Crippen LogP contribution in [-0.4, -0.2) is 49.6 Å². The number of amides is 1. The standard InChI is InChI=1S/C22H26F3N3O2/c1-21(2,26-17-7-9-19(30-3)10-8-17)20(29)28-13-11-27(12-14-28)18-6-4-5-16(15-18)22(23,24)25/h4-10,15,26H,11-14H2,1-3H3. The van der Waals surface area contributed by atoms with Crippen LogP contribution in [0.25, 0.3) is 0 Å². The van der Waals surface area contributed by atoms with Gasteiger partial charge in [0, 0.05) is 37.6 Å². The number of ether oxygens (including phenoxy) is 1. The first kappa shape index (κ1) is 21.8. The number of carbonyl (C=O) groups excluding carboxylic acids is 1. The van der Waals surface area contributed by atoms with Crippen LogP contribution in [0.1, 0.15) is 19.4 Å². The molecule has 0 aromatic heterocycles. The van der Waals surface area contributed by atoms with Crippen LogP contribution in [0.2, 0.25) is 0 Å².